The molecule has 2 aliphatic carbocycles. The molecule has 2 nitrogen and oxygen atoms in total. The van der Waals surface area contributed by atoms with Gasteiger partial charge in [-0.3, -0.25) is 0 Å². The van der Waals surface area contributed by atoms with E-state index < -0.39 is 5.41 Å². The van der Waals surface area contributed by atoms with E-state index in [4.69, 9.17) is 9.97 Å². The third kappa shape index (κ3) is 4.35. The highest BCUT2D eigenvalue weighted by molar-refractivity contribution is 6.22. The Bertz CT molecular complexity index is 3500. The maximum atomic E-state index is 5.19. The van der Waals surface area contributed by atoms with Crippen molar-refractivity contribution in [3.63, 3.8) is 0 Å². The summed E-state index contributed by atoms with van der Waals surface area (Å²) in [6.45, 7) is 0. The lowest BCUT2D eigenvalue weighted by molar-refractivity contribution is 0.809. The Morgan fingerprint density at radius 1 is 0.305 bits per heavy atom. The standard InChI is InChI=1S/C57H34N2/c1-2-16-36(17-3-1)55-46-26-12-15-29-51(46)58-56(59-55)37-32-30-35(31-33-37)47-34-48-52-43-23-7-4-18-38(43)39-19-5-9-25-45(39)54(52)57(53(48)44-24-8-6-20-40(44)47)49-27-13-10-21-41(49)42-22-11-14-28-50(42)57/h1-34H. The van der Waals surface area contributed by atoms with Gasteiger partial charge in [0.25, 0.3) is 0 Å². The Morgan fingerprint density at radius 3 is 1.51 bits per heavy atom. The van der Waals surface area contributed by atoms with E-state index in [2.05, 4.69) is 194 Å². The number of rotatable bonds is 3. The van der Waals surface area contributed by atoms with Crippen molar-refractivity contribution in [2.75, 3.05) is 0 Å². The second-order valence-electron chi connectivity index (χ2n) is 15.9. The molecule has 0 radical (unpaired) electrons. The van der Waals surface area contributed by atoms with E-state index in [1.54, 1.807) is 0 Å². The first-order chi connectivity index (χ1) is 29.3. The summed E-state index contributed by atoms with van der Waals surface area (Å²) in [7, 11) is 0. The zero-order valence-corrected chi connectivity index (χ0v) is 32.0. The van der Waals surface area contributed by atoms with Crippen molar-refractivity contribution in [1.29, 1.82) is 0 Å². The minimum absolute atomic E-state index is 0.507. The van der Waals surface area contributed by atoms with Crippen LogP contribution >= 0.6 is 0 Å². The molecule has 0 aliphatic heterocycles. The van der Waals surface area contributed by atoms with Gasteiger partial charge in [0.2, 0.25) is 0 Å². The molecule has 0 N–H and O–H groups in total. The number of benzene rings is 10. The number of aromatic nitrogens is 2. The third-order valence-corrected chi connectivity index (χ3v) is 13.1. The highest BCUT2D eigenvalue weighted by Crippen LogP contribution is 2.67. The first-order valence-corrected chi connectivity index (χ1v) is 20.4. The highest BCUT2D eigenvalue weighted by atomic mass is 14.9. The first kappa shape index (κ1) is 32.4. The van der Waals surface area contributed by atoms with Crippen molar-refractivity contribution in [2.45, 2.75) is 5.41 Å². The molecule has 1 aromatic heterocycles. The van der Waals surface area contributed by atoms with Crippen molar-refractivity contribution in [2.24, 2.45) is 0 Å². The third-order valence-electron chi connectivity index (χ3n) is 13.1. The molecule has 0 atom stereocenters. The molecule has 0 unspecified atom stereocenters. The van der Waals surface area contributed by atoms with E-state index in [9.17, 15) is 0 Å². The second kappa shape index (κ2) is 12.2. The van der Waals surface area contributed by atoms with Crippen LogP contribution < -0.4 is 0 Å². The molecule has 10 aromatic carbocycles. The quantitative estimate of drug-likeness (QED) is 0.168. The van der Waals surface area contributed by atoms with Crippen LogP contribution in [0.4, 0.5) is 0 Å². The van der Waals surface area contributed by atoms with Gasteiger partial charge in [0, 0.05) is 16.5 Å². The van der Waals surface area contributed by atoms with Gasteiger partial charge >= 0.3 is 0 Å². The van der Waals surface area contributed by atoms with Crippen LogP contribution in [0.25, 0.3) is 99.2 Å². The smallest absolute Gasteiger partial charge is 0.160 e. The van der Waals surface area contributed by atoms with Crippen molar-refractivity contribution < 1.29 is 0 Å². The summed E-state index contributed by atoms with van der Waals surface area (Å²) in [6, 6.07) is 75.6. The fourth-order valence-electron chi connectivity index (χ4n) is 10.7. The number of hydrogen-bond donors (Lipinski definition) is 0. The van der Waals surface area contributed by atoms with Crippen molar-refractivity contribution >= 4 is 43.2 Å². The fraction of sp³-hybridized carbons (Fsp3) is 0.0175. The number of fused-ring (bicyclic) bond motifs is 18. The summed E-state index contributed by atoms with van der Waals surface area (Å²) >= 11 is 0. The normalized spacial score (nSPS) is 13.2. The molecular weight excluding hydrogens is 713 g/mol. The molecule has 0 bridgehead atoms. The molecule has 0 saturated carbocycles. The summed E-state index contributed by atoms with van der Waals surface area (Å²) in [4.78, 5) is 10.3. The molecule has 2 heteroatoms. The topological polar surface area (TPSA) is 25.8 Å². The molecule has 0 fully saturated rings. The summed E-state index contributed by atoms with van der Waals surface area (Å²) in [6.07, 6.45) is 0. The minimum atomic E-state index is -0.507. The van der Waals surface area contributed by atoms with Crippen LogP contribution in [0.15, 0.2) is 206 Å². The minimum Gasteiger partial charge on any atom is -0.228 e. The van der Waals surface area contributed by atoms with Gasteiger partial charge < -0.3 is 0 Å². The van der Waals surface area contributed by atoms with Gasteiger partial charge in [-0.25, -0.2) is 9.97 Å². The highest BCUT2D eigenvalue weighted by Gasteiger charge is 2.54. The van der Waals surface area contributed by atoms with E-state index in [-0.39, 0.29) is 0 Å². The fourth-order valence-corrected chi connectivity index (χ4v) is 10.7. The second-order valence-corrected chi connectivity index (χ2v) is 15.9. The lowest BCUT2D eigenvalue weighted by atomic mass is 9.68. The maximum absolute atomic E-state index is 5.19. The SMILES string of the molecule is c1ccc(-c2nc(-c3ccc(-c4cc5c(c6ccccc46)C4(c6ccccc6-c6ccccc64)c4c-5c5ccccc5c5ccccc45)cc3)nc3ccccc23)cc1. The van der Waals surface area contributed by atoms with Gasteiger partial charge in [0.15, 0.2) is 5.82 Å². The number of nitrogens with zero attached hydrogens (tertiary/aromatic N) is 2. The first-order valence-electron chi connectivity index (χ1n) is 20.4. The van der Waals surface area contributed by atoms with E-state index >= 15 is 0 Å². The zero-order valence-electron chi connectivity index (χ0n) is 32.0. The van der Waals surface area contributed by atoms with E-state index in [1.807, 2.05) is 12.1 Å². The molecule has 1 spiro atoms. The molecule has 1 heterocycles. The van der Waals surface area contributed by atoms with Crippen molar-refractivity contribution in [3.8, 4) is 56.0 Å². The van der Waals surface area contributed by atoms with Crippen LogP contribution in [0.3, 0.4) is 0 Å². The van der Waals surface area contributed by atoms with Crippen molar-refractivity contribution in [1.82, 2.24) is 9.97 Å². The number of hydrogen-bond acceptors (Lipinski definition) is 2. The molecular formula is C57H34N2. The Kier molecular flexibility index (Phi) is 6.68. The lowest BCUT2D eigenvalue weighted by Gasteiger charge is -2.33. The van der Waals surface area contributed by atoms with Crippen molar-refractivity contribution in [3.05, 3.63) is 229 Å². The molecule has 2 aliphatic rings. The maximum Gasteiger partial charge on any atom is 0.160 e. The van der Waals surface area contributed by atoms with Crippen LogP contribution in [0.1, 0.15) is 22.3 Å². The molecule has 272 valence electrons. The van der Waals surface area contributed by atoms with Crippen LogP contribution in [-0.4, -0.2) is 9.97 Å². The monoisotopic (exact) mass is 746 g/mol. The largest absolute Gasteiger partial charge is 0.228 e. The van der Waals surface area contributed by atoms with E-state index in [0.29, 0.717) is 0 Å². The number of para-hydroxylation sites is 1. The molecule has 59 heavy (non-hydrogen) atoms. The predicted octanol–water partition coefficient (Wildman–Crippen LogP) is 14.4. The Hall–Kier alpha value is -7.68. The Labute approximate surface area is 341 Å². The Balaban J connectivity index is 1.10. The lowest BCUT2D eigenvalue weighted by Crippen LogP contribution is -2.26. The van der Waals surface area contributed by atoms with Crippen LogP contribution in [-0.2, 0) is 5.41 Å². The summed E-state index contributed by atoms with van der Waals surface area (Å²) < 4.78 is 0. The Morgan fingerprint density at radius 2 is 0.814 bits per heavy atom. The van der Waals surface area contributed by atoms with Crippen LogP contribution in [0, 0.1) is 0 Å². The van der Waals surface area contributed by atoms with Crippen LogP contribution in [0.2, 0.25) is 0 Å². The van der Waals surface area contributed by atoms with Gasteiger partial charge in [-0.05, 0) is 100 Å². The average molecular weight is 747 g/mol. The van der Waals surface area contributed by atoms with E-state index in [1.165, 1.54) is 82.4 Å². The summed E-state index contributed by atoms with van der Waals surface area (Å²) in [5.74, 6) is 0.723. The van der Waals surface area contributed by atoms with E-state index in [0.717, 1.165) is 39.1 Å². The zero-order chi connectivity index (χ0) is 38.7. The summed E-state index contributed by atoms with van der Waals surface area (Å²) in [5, 5.41) is 8.76. The van der Waals surface area contributed by atoms with Gasteiger partial charge in [0.05, 0.1) is 16.6 Å². The average Bonchev–Trinajstić information content (AvgIpc) is 3.79. The predicted molar refractivity (Wildman–Crippen MR) is 245 cm³/mol. The molecule has 11 aromatic rings. The van der Waals surface area contributed by atoms with Crippen LogP contribution in [0.5, 0.6) is 0 Å². The van der Waals surface area contributed by atoms with Gasteiger partial charge in [-0.1, -0.05) is 194 Å². The van der Waals surface area contributed by atoms with Gasteiger partial charge in [-0.2, -0.15) is 0 Å². The van der Waals surface area contributed by atoms with Gasteiger partial charge in [0.1, 0.15) is 0 Å². The molecule has 0 amide bonds. The molecule has 0 saturated heterocycles. The molecule has 13 rings (SSSR count). The van der Waals surface area contributed by atoms with Gasteiger partial charge in [-0.15, -0.1) is 0 Å². The summed E-state index contributed by atoms with van der Waals surface area (Å²) in [5.41, 5.74) is 16.6.